The Morgan fingerprint density at radius 2 is 2.36 bits per heavy atom. The summed E-state index contributed by atoms with van der Waals surface area (Å²) in [6.07, 6.45) is -0.738. The fraction of sp³-hybridized carbons (Fsp3) is 0.833. The molecule has 0 amide bonds. The molecule has 5 heteroatoms. The van der Waals surface area contributed by atoms with E-state index in [1.807, 2.05) is 0 Å². The molecule has 5 nitrogen and oxygen atoms in total. The summed E-state index contributed by atoms with van der Waals surface area (Å²) in [5.74, 6) is 0. The molecule has 1 saturated heterocycles. The van der Waals surface area contributed by atoms with Gasteiger partial charge in [0.25, 0.3) is 0 Å². The van der Waals surface area contributed by atoms with E-state index in [0.29, 0.717) is 13.2 Å². The summed E-state index contributed by atoms with van der Waals surface area (Å²) in [5, 5.41) is 0. The number of nitrogens with two attached hydrogens (primary N) is 1. The third kappa shape index (κ3) is 2.06. The molecule has 1 fully saturated rings. The highest BCUT2D eigenvalue weighted by atomic mass is 16.8. The summed E-state index contributed by atoms with van der Waals surface area (Å²) in [6, 6.07) is 0. The Morgan fingerprint density at radius 3 is 2.73 bits per heavy atom. The van der Waals surface area contributed by atoms with Crippen molar-refractivity contribution in [2.45, 2.75) is 12.5 Å². The van der Waals surface area contributed by atoms with E-state index in [0.717, 1.165) is 0 Å². The molecule has 0 saturated carbocycles. The van der Waals surface area contributed by atoms with Crippen molar-refractivity contribution in [1.82, 2.24) is 0 Å². The number of carbonyl (C=O) groups is 1. The van der Waals surface area contributed by atoms with Crippen LogP contribution in [0.5, 0.6) is 0 Å². The Balaban J connectivity index is 2.23. The maximum Gasteiger partial charge on any atom is 0.510 e. The van der Waals surface area contributed by atoms with Crippen molar-refractivity contribution in [3.8, 4) is 0 Å². The normalized spacial score (nSPS) is 20.2. The van der Waals surface area contributed by atoms with Gasteiger partial charge in [-0.1, -0.05) is 0 Å². The van der Waals surface area contributed by atoms with E-state index in [4.69, 9.17) is 15.2 Å². The van der Waals surface area contributed by atoms with E-state index >= 15 is 0 Å². The molecule has 0 aliphatic carbocycles. The van der Waals surface area contributed by atoms with Crippen LogP contribution in [-0.2, 0) is 14.2 Å². The quantitative estimate of drug-likeness (QED) is 0.450. The van der Waals surface area contributed by atoms with Gasteiger partial charge in [0.05, 0.1) is 13.2 Å². The molecule has 0 aromatic rings. The van der Waals surface area contributed by atoms with Crippen molar-refractivity contribution in [3.05, 3.63) is 0 Å². The Bertz CT molecular complexity index is 155. The van der Waals surface area contributed by atoms with Crippen LogP contribution in [0.1, 0.15) is 6.92 Å². The van der Waals surface area contributed by atoms with Gasteiger partial charge in [0.2, 0.25) is 0 Å². The van der Waals surface area contributed by atoms with Crippen LogP contribution in [0.4, 0.5) is 4.79 Å². The van der Waals surface area contributed by atoms with Gasteiger partial charge in [-0.05, 0) is 6.92 Å². The Hall–Kier alpha value is -0.810. The second-order valence-corrected chi connectivity index (χ2v) is 2.61. The van der Waals surface area contributed by atoms with E-state index in [2.05, 4.69) is 4.74 Å². The molecule has 2 N–H and O–H groups in total. The molecular formula is C6H11NO4. The SMILES string of the molecule is CC1(OC(=O)OCN)COC1. The lowest BCUT2D eigenvalue weighted by Gasteiger charge is -2.36. The minimum Gasteiger partial charge on any atom is -0.423 e. The predicted octanol–water partition coefficient (Wildman–Crippen LogP) is -0.155. The molecule has 11 heavy (non-hydrogen) atoms. The van der Waals surface area contributed by atoms with Crippen molar-refractivity contribution >= 4 is 6.16 Å². The van der Waals surface area contributed by atoms with Crippen molar-refractivity contribution in [3.63, 3.8) is 0 Å². The van der Waals surface area contributed by atoms with Crippen LogP contribution < -0.4 is 5.73 Å². The highest BCUT2D eigenvalue weighted by Crippen LogP contribution is 2.20. The minimum atomic E-state index is -0.738. The number of ether oxygens (including phenoxy) is 3. The van der Waals surface area contributed by atoms with Crippen LogP contribution in [0.25, 0.3) is 0 Å². The zero-order valence-corrected chi connectivity index (χ0v) is 6.33. The van der Waals surface area contributed by atoms with Crippen LogP contribution in [0.2, 0.25) is 0 Å². The first-order valence-corrected chi connectivity index (χ1v) is 3.30. The monoisotopic (exact) mass is 161 g/mol. The van der Waals surface area contributed by atoms with E-state index in [9.17, 15) is 4.79 Å². The number of hydrogen-bond donors (Lipinski definition) is 1. The molecule has 1 aliphatic heterocycles. The van der Waals surface area contributed by atoms with Gasteiger partial charge in [-0.2, -0.15) is 0 Å². The average molecular weight is 161 g/mol. The lowest BCUT2D eigenvalue weighted by Crippen LogP contribution is -2.50. The molecule has 0 radical (unpaired) electrons. The van der Waals surface area contributed by atoms with Crippen LogP contribution >= 0.6 is 0 Å². The maximum atomic E-state index is 10.7. The fourth-order valence-corrected chi connectivity index (χ4v) is 0.747. The predicted molar refractivity (Wildman–Crippen MR) is 35.8 cm³/mol. The van der Waals surface area contributed by atoms with Crippen molar-refractivity contribution in [2.24, 2.45) is 5.73 Å². The second kappa shape index (κ2) is 3.06. The minimum absolute atomic E-state index is 0.157. The number of carbonyl (C=O) groups excluding carboxylic acids is 1. The summed E-state index contributed by atoms with van der Waals surface area (Å²) in [7, 11) is 0. The molecular weight excluding hydrogens is 150 g/mol. The lowest BCUT2D eigenvalue weighted by molar-refractivity contribution is -0.178. The van der Waals surface area contributed by atoms with Crippen LogP contribution in [-0.4, -0.2) is 31.7 Å². The van der Waals surface area contributed by atoms with E-state index < -0.39 is 11.8 Å². The number of hydrogen-bond acceptors (Lipinski definition) is 5. The summed E-state index contributed by atoms with van der Waals surface area (Å²) in [4.78, 5) is 10.7. The summed E-state index contributed by atoms with van der Waals surface area (Å²) >= 11 is 0. The van der Waals surface area contributed by atoms with Crippen LogP contribution in [0, 0.1) is 0 Å². The van der Waals surface area contributed by atoms with Gasteiger partial charge in [-0.15, -0.1) is 0 Å². The first kappa shape index (κ1) is 8.29. The van der Waals surface area contributed by atoms with Gasteiger partial charge >= 0.3 is 6.16 Å². The molecule has 0 aromatic carbocycles. The smallest absolute Gasteiger partial charge is 0.423 e. The fourth-order valence-electron chi connectivity index (χ4n) is 0.747. The molecule has 0 unspecified atom stereocenters. The van der Waals surface area contributed by atoms with Crippen molar-refractivity contribution in [2.75, 3.05) is 19.9 Å². The molecule has 0 atom stereocenters. The first-order chi connectivity index (χ1) is 5.16. The zero-order chi connectivity index (χ0) is 8.32. The second-order valence-electron chi connectivity index (χ2n) is 2.61. The molecule has 1 heterocycles. The molecule has 0 bridgehead atoms. The molecule has 1 rings (SSSR count). The Morgan fingerprint density at radius 1 is 1.73 bits per heavy atom. The first-order valence-electron chi connectivity index (χ1n) is 3.30. The highest BCUT2D eigenvalue weighted by molar-refractivity contribution is 5.60. The van der Waals surface area contributed by atoms with Crippen molar-refractivity contribution < 1.29 is 19.0 Å². The lowest BCUT2D eigenvalue weighted by atomic mass is 10.1. The van der Waals surface area contributed by atoms with Gasteiger partial charge < -0.3 is 14.2 Å². The van der Waals surface area contributed by atoms with E-state index in [1.54, 1.807) is 6.92 Å². The van der Waals surface area contributed by atoms with Gasteiger partial charge in [-0.25, -0.2) is 4.79 Å². The molecule has 0 aromatic heterocycles. The van der Waals surface area contributed by atoms with Gasteiger partial charge in [0.1, 0.15) is 6.73 Å². The highest BCUT2D eigenvalue weighted by Gasteiger charge is 2.38. The molecule has 64 valence electrons. The topological polar surface area (TPSA) is 70.8 Å². The third-order valence-corrected chi connectivity index (χ3v) is 1.35. The molecule has 0 spiro atoms. The summed E-state index contributed by atoms with van der Waals surface area (Å²) < 4.78 is 14.1. The van der Waals surface area contributed by atoms with E-state index in [1.165, 1.54) is 0 Å². The van der Waals surface area contributed by atoms with Crippen molar-refractivity contribution in [1.29, 1.82) is 0 Å². The molecule has 1 aliphatic rings. The standard InChI is InChI=1S/C6H11NO4/c1-6(2-9-3-6)11-5(8)10-4-7/h2-4,7H2,1H3. The van der Waals surface area contributed by atoms with Gasteiger partial charge in [0.15, 0.2) is 5.60 Å². The van der Waals surface area contributed by atoms with E-state index in [-0.39, 0.29) is 6.73 Å². The number of rotatable bonds is 2. The maximum absolute atomic E-state index is 10.7. The Kier molecular flexibility index (Phi) is 2.31. The summed E-state index contributed by atoms with van der Waals surface area (Å²) in [5.41, 5.74) is 4.45. The average Bonchev–Trinajstić information content (AvgIpc) is 1.85. The zero-order valence-electron chi connectivity index (χ0n) is 6.33. The van der Waals surface area contributed by atoms with Gasteiger partial charge in [-0.3, -0.25) is 5.73 Å². The summed E-state index contributed by atoms with van der Waals surface area (Å²) in [6.45, 7) is 2.46. The largest absolute Gasteiger partial charge is 0.510 e. The Labute approximate surface area is 64.4 Å². The van der Waals surface area contributed by atoms with Crippen LogP contribution in [0.15, 0.2) is 0 Å². The van der Waals surface area contributed by atoms with Crippen LogP contribution in [0.3, 0.4) is 0 Å². The van der Waals surface area contributed by atoms with Gasteiger partial charge in [0, 0.05) is 0 Å². The third-order valence-electron chi connectivity index (χ3n) is 1.35.